The van der Waals surface area contributed by atoms with Gasteiger partial charge < -0.3 is 15.4 Å². The molecular weight excluding hydrogens is 428 g/mol. The van der Waals surface area contributed by atoms with E-state index < -0.39 is 11.6 Å². The van der Waals surface area contributed by atoms with Gasteiger partial charge in [-0.2, -0.15) is 0 Å². The molecule has 0 atom stereocenters. The van der Waals surface area contributed by atoms with E-state index in [0.717, 1.165) is 24.0 Å². The topological polar surface area (TPSA) is 80.5 Å². The Labute approximate surface area is 188 Å². The highest BCUT2D eigenvalue weighted by Gasteiger charge is 2.24. The van der Waals surface area contributed by atoms with Crippen LogP contribution in [0.15, 0.2) is 54.9 Å². The minimum Gasteiger partial charge on any atom is -0.446 e. The molecule has 164 valence electrons. The highest BCUT2D eigenvalue weighted by atomic mass is 19.1. The number of ether oxygens (including phenoxy) is 1. The van der Waals surface area contributed by atoms with Crippen molar-refractivity contribution in [1.29, 1.82) is 0 Å². The van der Waals surface area contributed by atoms with Crippen LogP contribution in [0.2, 0.25) is 0 Å². The maximum atomic E-state index is 15.0. The van der Waals surface area contributed by atoms with Crippen LogP contribution in [0.5, 0.6) is 11.6 Å². The van der Waals surface area contributed by atoms with Crippen LogP contribution in [-0.4, -0.2) is 15.9 Å². The highest BCUT2D eigenvalue weighted by molar-refractivity contribution is 5.99. The summed E-state index contributed by atoms with van der Waals surface area (Å²) >= 11 is 0. The van der Waals surface area contributed by atoms with Gasteiger partial charge >= 0.3 is 0 Å². The molecule has 4 rings (SSSR count). The van der Waals surface area contributed by atoms with Crippen LogP contribution in [0.25, 0.3) is 10.9 Å². The number of hydrogen-bond acceptors (Lipinski definition) is 5. The third-order valence-electron chi connectivity index (χ3n) is 4.86. The van der Waals surface area contributed by atoms with Crippen molar-refractivity contribution in [3.63, 3.8) is 0 Å². The standard InChI is InChI=1S/C24H17F2N5O2/c1-4-20(32)30-14-6-5-7-15(10-14)31-23-22(27-3)24(29-12-28-23)33-19-11-18(25)16-8-13(2)9-17(16)21(19)26/h4-7,9-12H,1,8H2,2H3,(H,30,32)(H,28,29,31). The molecule has 0 unspecified atom stereocenters. The number of nitrogens with one attached hydrogen (secondary N) is 2. The number of hydrogen-bond donors (Lipinski definition) is 2. The summed E-state index contributed by atoms with van der Waals surface area (Å²) in [6.45, 7) is 12.7. The number of nitrogens with zero attached hydrogens (tertiary/aromatic N) is 3. The van der Waals surface area contributed by atoms with Crippen molar-refractivity contribution in [2.75, 3.05) is 10.6 Å². The summed E-state index contributed by atoms with van der Waals surface area (Å²) in [5, 5.41) is 5.58. The maximum Gasteiger partial charge on any atom is 0.288 e. The Balaban J connectivity index is 1.65. The quantitative estimate of drug-likeness (QED) is 0.363. The number of amides is 1. The molecule has 0 fully saturated rings. The van der Waals surface area contributed by atoms with Gasteiger partial charge in [0.05, 0.1) is 6.57 Å². The molecule has 1 aromatic heterocycles. The minimum atomic E-state index is -0.724. The first kappa shape index (κ1) is 21.6. The fourth-order valence-corrected chi connectivity index (χ4v) is 3.38. The molecule has 0 saturated heterocycles. The molecule has 0 bridgehead atoms. The summed E-state index contributed by atoms with van der Waals surface area (Å²) in [5.41, 5.74) is 2.14. The van der Waals surface area contributed by atoms with Crippen LogP contribution in [0, 0.1) is 18.2 Å². The van der Waals surface area contributed by atoms with Crippen molar-refractivity contribution in [2.45, 2.75) is 13.3 Å². The highest BCUT2D eigenvalue weighted by Crippen LogP contribution is 2.40. The molecule has 7 nitrogen and oxygen atoms in total. The number of aromatic nitrogens is 2. The summed E-state index contributed by atoms with van der Waals surface area (Å²) < 4.78 is 35.0. The van der Waals surface area contributed by atoms with Gasteiger partial charge in [-0.3, -0.25) is 4.79 Å². The van der Waals surface area contributed by atoms with E-state index in [0.29, 0.717) is 17.8 Å². The number of carbonyl (C=O) groups is 1. The monoisotopic (exact) mass is 445 g/mol. The van der Waals surface area contributed by atoms with E-state index in [1.54, 1.807) is 37.3 Å². The van der Waals surface area contributed by atoms with Gasteiger partial charge in [-0.15, -0.1) is 0 Å². The Morgan fingerprint density at radius 2 is 2.06 bits per heavy atom. The second kappa shape index (κ2) is 8.88. The molecule has 33 heavy (non-hydrogen) atoms. The van der Waals surface area contributed by atoms with Crippen molar-refractivity contribution < 1.29 is 18.3 Å². The fourth-order valence-electron chi connectivity index (χ4n) is 3.38. The van der Waals surface area contributed by atoms with Gasteiger partial charge in [-0.05, 0) is 37.6 Å². The van der Waals surface area contributed by atoms with Gasteiger partial charge in [0, 0.05) is 28.6 Å². The first-order valence-electron chi connectivity index (χ1n) is 9.78. The third kappa shape index (κ3) is 4.41. The fraction of sp³-hybridized carbons (Fsp3) is 0.0833. The van der Waals surface area contributed by atoms with Crippen LogP contribution >= 0.6 is 0 Å². The summed E-state index contributed by atoms with van der Waals surface area (Å²) in [4.78, 5) is 22.9. The largest absolute Gasteiger partial charge is 0.446 e. The number of carbonyl (C=O) groups excluding carboxylic acids is 1. The Morgan fingerprint density at radius 1 is 1.27 bits per heavy atom. The average Bonchev–Trinajstić information content (AvgIpc) is 3.20. The number of halogens is 2. The molecule has 0 radical (unpaired) electrons. The molecule has 9 heteroatoms. The van der Waals surface area contributed by atoms with Gasteiger partial charge in [-0.25, -0.2) is 23.6 Å². The second-order valence-corrected chi connectivity index (χ2v) is 7.22. The summed E-state index contributed by atoms with van der Waals surface area (Å²) in [7, 11) is 0. The lowest BCUT2D eigenvalue weighted by Crippen LogP contribution is -2.07. The predicted molar refractivity (Wildman–Crippen MR) is 121 cm³/mol. The molecule has 2 N–H and O–H groups in total. The molecule has 0 aliphatic heterocycles. The number of rotatable bonds is 6. The normalized spacial score (nSPS) is 11.8. The van der Waals surface area contributed by atoms with Gasteiger partial charge in [0.15, 0.2) is 11.6 Å². The molecule has 1 amide bonds. The van der Waals surface area contributed by atoms with E-state index in [-0.39, 0.29) is 40.2 Å². The van der Waals surface area contributed by atoms with E-state index in [9.17, 15) is 13.6 Å². The summed E-state index contributed by atoms with van der Waals surface area (Å²) in [6, 6.07) is 7.65. The second-order valence-electron chi connectivity index (χ2n) is 7.22. The minimum absolute atomic E-state index is 0.0972. The Bertz CT molecular complexity index is 1360. The number of fused-ring (bicyclic) bond motifs is 1. The van der Waals surface area contributed by atoms with E-state index in [4.69, 9.17) is 11.3 Å². The van der Waals surface area contributed by atoms with Crippen molar-refractivity contribution in [3.8, 4) is 11.6 Å². The smallest absolute Gasteiger partial charge is 0.288 e. The lowest BCUT2D eigenvalue weighted by molar-refractivity contribution is -0.111. The van der Waals surface area contributed by atoms with E-state index in [1.807, 2.05) is 0 Å². The molecule has 0 saturated carbocycles. The number of benzene rings is 2. The molecular formula is C24H17F2N5O2. The van der Waals surface area contributed by atoms with E-state index >= 15 is 0 Å². The number of anilines is 3. The lowest BCUT2D eigenvalue weighted by Gasteiger charge is -2.13. The maximum absolute atomic E-state index is 15.0. The van der Waals surface area contributed by atoms with Crippen LogP contribution in [0.3, 0.4) is 0 Å². The Morgan fingerprint density at radius 3 is 2.82 bits per heavy atom. The van der Waals surface area contributed by atoms with Crippen molar-refractivity contribution in [3.05, 3.63) is 89.1 Å². The van der Waals surface area contributed by atoms with Crippen molar-refractivity contribution in [2.24, 2.45) is 0 Å². The van der Waals surface area contributed by atoms with Crippen LogP contribution in [-0.2, 0) is 11.2 Å². The summed E-state index contributed by atoms with van der Waals surface area (Å²) in [5.74, 6) is -2.19. The first-order valence-corrected chi connectivity index (χ1v) is 9.78. The van der Waals surface area contributed by atoms with Gasteiger partial charge in [-0.1, -0.05) is 24.3 Å². The zero-order valence-corrected chi connectivity index (χ0v) is 17.4. The van der Waals surface area contributed by atoms with Crippen LogP contribution < -0.4 is 15.4 Å². The van der Waals surface area contributed by atoms with Gasteiger partial charge in [0.2, 0.25) is 11.8 Å². The summed E-state index contributed by atoms with van der Waals surface area (Å²) in [6.07, 6.45) is 4.19. The molecule has 1 aliphatic carbocycles. The molecule has 1 aliphatic rings. The van der Waals surface area contributed by atoms with Crippen LogP contribution in [0.4, 0.5) is 31.7 Å². The Hall–Kier alpha value is -4.58. The van der Waals surface area contributed by atoms with Crippen molar-refractivity contribution >= 4 is 34.9 Å². The molecule has 0 spiro atoms. The SMILES string of the molecule is [C-]#[N+]c1c(Nc2cccc(NC(=O)C=C)c2)ncnc1Oc1cc(F)c2c(c1F)C=C(C)C2. The van der Waals surface area contributed by atoms with E-state index in [1.165, 1.54) is 0 Å². The third-order valence-corrected chi connectivity index (χ3v) is 4.86. The number of allylic oxidation sites excluding steroid dienone is 1. The molecule has 2 aromatic carbocycles. The van der Waals surface area contributed by atoms with Gasteiger partial charge in [0.1, 0.15) is 18.0 Å². The van der Waals surface area contributed by atoms with Gasteiger partial charge in [0.25, 0.3) is 5.69 Å². The average molecular weight is 445 g/mol. The zero-order valence-electron chi connectivity index (χ0n) is 17.4. The molecule has 3 aromatic rings. The molecule has 1 heterocycles. The first-order chi connectivity index (χ1) is 15.9. The Kier molecular flexibility index (Phi) is 5.83. The van der Waals surface area contributed by atoms with Crippen LogP contribution in [0.1, 0.15) is 18.1 Å². The lowest BCUT2D eigenvalue weighted by atomic mass is 10.1. The van der Waals surface area contributed by atoms with E-state index in [2.05, 4.69) is 32.0 Å². The zero-order chi connectivity index (χ0) is 23.5. The predicted octanol–water partition coefficient (Wildman–Crippen LogP) is 5.93. The van der Waals surface area contributed by atoms with Crippen molar-refractivity contribution in [1.82, 2.24) is 9.97 Å².